The Bertz CT molecular complexity index is 979. The summed E-state index contributed by atoms with van der Waals surface area (Å²) in [4.78, 5) is 0. The third kappa shape index (κ3) is 2.01. The molecule has 0 fully saturated rings. The highest BCUT2D eigenvalue weighted by Crippen LogP contribution is 2.35. The lowest BCUT2D eigenvalue weighted by atomic mass is 9.91. The van der Waals surface area contributed by atoms with Crippen molar-refractivity contribution in [1.82, 2.24) is 0 Å². The second-order valence-corrected chi connectivity index (χ2v) is 5.52. The van der Waals surface area contributed by atoms with Crippen LogP contribution in [0.3, 0.4) is 0 Å². The van der Waals surface area contributed by atoms with Crippen LogP contribution in [0.15, 0.2) is 85.4 Å². The zero-order valence-electron chi connectivity index (χ0n) is 12.3. The highest BCUT2D eigenvalue weighted by molar-refractivity contribution is 6.07. The molecule has 0 heteroatoms. The molecule has 0 aromatic heterocycles. The van der Waals surface area contributed by atoms with Crippen molar-refractivity contribution >= 4 is 27.6 Å². The van der Waals surface area contributed by atoms with Gasteiger partial charge in [0.1, 0.15) is 0 Å². The van der Waals surface area contributed by atoms with E-state index >= 15 is 0 Å². The molecule has 0 aliphatic heterocycles. The molecule has 0 saturated carbocycles. The molecule has 0 nitrogen and oxygen atoms in total. The van der Waals surface area contributed by atoms with Gasteiger partial charge in [0.15, 0.2) is 0 Å². The molecule has 4 aromatic carbocycles. The molecule has 0 aliphatic rings. The van der Waals surface area contributed by atoms with Gasteiger partial charge in [-0.15, -0.1) is 0 Å². The number of fused-ring (bicyclic) bond motifs is 2. The molecule has 0 bridgehead atoms. The fraction of sp³-hybridized carbons (Fsp3) is 0. The summed E-state index contributed by atoms with van der Waals surface area (Å²) in [7, 11) is 0. The van der Waals surface area contributed by atoms with E-state index in [-0.39, 0.29) is 0 Å². The molecule has 4 aromatic rings. The van der Waals surface area contributed by atoms with Gasteiger partial charge in [-0.05, 0) is 50.4 Å². The molecule has 0 amide bonds. The summed E-state index contributed by atoms with van der Waals surface area (Å²) in [6.45, 7) is 3.99. The maximum absolute atomic E-state index is 3.99. The first-order valence-electron chi connectivity index (χ1n) is 7.50. The van der Waals surface area contributed by atoms with Crippen molar-refractivity contribution in [2.24, 2.45) is 0 Å². The zero-order valence-corrected chi connectivity index (χ0v) is 12.3. The predicted octanol–water partition coefficient (Wildman–Crippen LogP) is 6.30. The molecule has 22 heavy (non-hydrogen) atoms. The third-order valence-corrected chi connectivity index (χ3v) is 4.20. The quantitative estimate of drug-likeness (QED) is 0.378. The van der Waals surface area contributed by atoms with Gasteiger partial charge in [-0.3, -0.25) is 0 Å². The third-order valence-electron chi connectivity index (χ3n) is 4.20. The minimum atomic E-state index is 1.17. The molecule has 0 heterocycles. The first-order valence-corrected chi connectivity index (χ1v) is 7.50. The summed E-state index contributed by atoms with van der Waals surface area (Å²) >= 11 is 0. The lowest BCUT2D eigenvalue weighted by Crippen LogP contribution is -1.87. The molecule has 0 aliphatic carbocycles. The normalized spacial score (nSPS) is 10.9. The van der Waals surface area contributed by atoms with Gasteiger partial charge in [-0.2, -0.15) is 0 Å². The maximum Gasteiger partial charge on any atom is -0.00328 e. The van der Waals surface area contributed by atoms with E-state index in [4.69, 9.17) is 0 Å². The number of hydrogen-bond donors (Lipinski definition) is 0. The predicted molar refractivity (Wildman–Crippen MR) is 97.0 cm³/mol. The molecular formula is C22H16. The van der Waals surface area contributed by atoms with Crippen molar-refractivity contribution in [1.29, 1.82) is 0 Å². The van der Waals surface area contributed by atoms with E-state index in [2.05, 4.69) is 85.4 Å². The van der Waals surface area contributed by atoms with Gasteiger partial charge >= 0.3 is 0 Å². The van der Waals surface area contributed by atoms with Crippen molar-refractivity contribution in [3.63, 3.8) is 0 Å². The Morgan fingerprint density at radius 3 is 2.05 bits per heavy atom. The Morgan fingerprint density at radius 2 is 1.32 bits per heavy atom. The average Bonchev–Trinajstić information content (AvgIpc) is 2.59. The topological polar surface area (TPSA) is 0 Å². The van der Waals surface area contributed by atoms with Crippen LogP contribution in [0.4, 0.5) is 0 Å². The highest BCUT2D eigenvalue weighted by Gasteiger charge is 2.09. The van der Waals surface area contributed by atoms with Gasteiger partial charge in [0.2, 0.25) is 0 Å². The van der Waals surface area contributed by atoms with Crippen molar-refractivity contribution in [3.05, 3.63) is 91.0 Å². The number of hydrogen-bond acceptors (Lipinski definition) is 0. The Balaban J connectivity index is 2.15. The Kier molecular flexibility index (Phi) is 3.01. The molecule has 104 valence electrons. The highest BCUT2D eigenvalue weighted by atomic mass is 14.1. The summed E-state index contributed by atoms with van der Waals surface area (Å²) in [5.41, 5.74) is 3.67. The van der Waals surface area contributed by atoms with E-state index in [1.54, 1.807) is 0 Å². The smallest absolute Gasteiger partial charge is 0.00328 e. The zero-order chi connectivity index (χ0) is 14.9. The first-order chi connectivity index (χ1) is 10.9. The number of rotatable bonds is 2. The monoisotopic (exact) mass is 280 g/mol. The van der Waals surface area contributed by atoms with E-state index in [1.165, 1.54) is 38.2 Å². The fourth-order valence-corrected chi connectivity index (χ4v) is 3.13. The van der Waals surface area contributed by atoms with E-state index in [0.29, 0.717) is 0 Å². The molecule has 0 radical (unpaired) electrons. The van der Waals surface area contributed by atoms with Crippen LogP contribution in [-0.2, 0) is 0 Å². The fourth-order valence-electron chi connectivity index (χ4n) is 3.13. The van der Waals surface area contributed by atoms with Crippen molar-refractivity contribution < 1.29 is 0 Å². The first kappa shape index (κ1) is 12.8. The second-order valence-electron chi connectivity index (χ2n) is 5.52. The lowest BCUT2D eigenvalue weighted by Gasteiger charge is -2.12. The van der Waals surface area contributed by atoms with E-state index in [0.717, 1.165) is 0 Å². The lowest BCUT2D eigenvalue weighted by molar-refractivity contribution is 1.63. The summed E-state index contributed by atoms with van der Waals surface area (Å²) < 4.78 is 0. The van der Waals surface area contributed by atoms with Crippen molar-refractivity contribution in [3.8, 4) is 11.1 Å². The van der Waals surface area contributed by atoms with Crippen LogP contribution in [0.1, 0.15) is 5.56 Å². The van der Waals surface area contributed by atoms with Crippen LogP contribution >= 0.6 is 0 Å². The van der Waals surface area contributed by atoms with E-state index in [1.807, 2.05) is 6.08 Å². The van der Waals surface area contributed by atoms with Gasteiger partial charge < -0.3 is 0 Å². The van der Waals surface area contributed by atoms with Crippen LogP contribution in [0.2, 0.25) is 0 Å². The molecule has 0 saturated heterocycles. The van der Waals surface area contributed by atoms with Crippen LogP contribution in [0.5, 0.6) is 0 Å². The Hall–Kier alpha value is -2.86. The van der Waals surface area contributed by atoms with E-state index < -0.39 is 0 Å². The molecule has 0 atom stereocenters. The standard InChI is InChI=1S/C22H16/c1-2-16-12-13-20-14-18-10-6-7-11-19(18)15-21(20)22(16)17-8-4-3-5-9-17/h2-15H,1H2. The maximum atomic E-state index is 3.99. The van der Waals surface area contributed by atoms with Gasteiger partial charge in [0, 0.05) is 0 Å². The SMILES string of the molecule is C=Cc1ccc2cc3ccccc3cc2c1-c1ccccc1. The van der Waals surface area contributed by atoms with Gasteiger partial charge in [-0.1, -0.05) is 79.4 Å². The summed E-state index contributed by atoms with van der Waals surface area (Å²) in [5, 5.41) is 5.10. The molecule has 0 N–H and O–H groups in total. The molecular weight excluding hydrogens is 264 g/mol. The van der Waals surface area contributed by atoms with Crippen LogP contribution in [0, 0.1) is 0 Å². The summed E-state index contributed by atoms with van der Waals surface area (Å²) in [6, 6.07) is 28.0. The minimum absolute atomic E-state index is 1.17. The van der Waals surface area contributed by atoms with Crippen LogP contribution in [0.25, 0.3) is 38.7 Å². The minimum Gasteiger partial charge on any atom is -0.0984 e. The second kappa shape index (κ2) is 5.16. The Morgan fingerprint density at radius 1 is 0.636 bits per heavy atom. The molecule has 0 spiro atoms. The van der Waals surface area contributed by atoms with Crippen LogP contribution in [-0.4, -0.2) is 0 Å². The van der Waals surface area contributed by atoms with Gasteiger partial charge in [0.25, 0.3) is 0 Å². The summed E-state index contributed by atoms with van der Waals surface area (Å²) in [5.74, 6) is 0. The summed E-state index contributed by atoms with van der Waals surface area (Å²) in [6.07, 6.45) is 1.94. The van der Waals surface area contributed by atoms with Crippen molar-refractivity contribution in [2.45, 2.75) is 0 Å². The van der Waals surface area contributed by atoms with E-state index in [9.17, 15) is 0 Å². The van der Waals surface area contributed by atoms with Gasteiger partial charge in [0.05, 0.1) is 0 Å². The molecule has 4 rings (SSSR count). The largest absolute Gasteiger partial charge is 0.0984 e. The average molecular weight is 280 g/mol. The van der Waals surface area contributed by atoms with Crippen molar-refractivity contribution in [2.75, 3.05) is 0 Å². The molecule has 0 unspecified atom stereocenters. The Labute approximate surface area is 130 Å². The van der Waals surface area contributed by atoms with Gasteiger partial charge in [-0.25, -0.2) is 0 Å². The number of benzene rings is 4. The van der Waals surface area contributed by atoms with Crippen LogP contribution < -0.4 is 0 Å².